The van der Waals surface area contributed by atoms with Crippen LogP contribution < -0.4 is 10.5 Å². The molecule has 1 aromatic rings. The fourth-order valence-corrected chi connectivity index (χ4v) is 2.96. The second-order valence-corrected chi connectivity index (χ2v) is 5.64. The first-order valence-corrected chi connectivity index (χ1v) is 6.71. The quantitative estimate of drug-likeness (QED) is 0.869. The van der Waals surface area contributed by atoms with Gasteiger partial charge in [0.15, 0.2) is 0 Å². The number of hydrogen-bond acceptors (Lipinski definition) is 3. The van der Waals surface area contributed by atoms with Crippen LogP contribution in [0.25, 0.3) is 0 Å². The van der Waals surface area contributed by atoms with Gasteiger partial charge in [0.1, 0.15) is 0 Å². The van der Waals surface area contributed by atoms with E-state index in [2.05, 4.69) is 20.7 Å². The maximum absolute atomic E-state index is 11.8. The van der Waals surface area contributed by atoms with E-state index in [-0.39, 0.29) is 18.0 Å². The van der Waals surface area contributed by atoms with Crippen LogP contribution in [0, 0.1) is 6.92 Å². The Morgan fingerprint density at radius 1 is 1.47 bits per heavy atom. The molecule has 0 aliphatic heterocycles. The molecule has 0 aromatic heterocycles. The van der Waals surface area contributed by atoms with E-state index in [1.54, 1.807) is 25.1 Å². The van der Waals surface area contributed by atoms with Crippen molar-refractivity contribution >= 4 is 26.0 Å². The molecule has 0 saturated heterocycles. The summed E-state index contributed by atoms with van der Waals surface area (Å²) in [7, 11) is -3.44. The van der Waals surface area contributed by atoms with Crippen molar-refractivity contribution in [3.63, 3.8) is 0 Å². The van der Waals surface area contributed by atoms with Crippen molar-refractivity contribution in [2.75, 3.05) is 13.1 Å². The Morgan fingerprint density at radius 2 is 2.13 bits per heavy atom. The van der Waals surface area contributed by atoms with Crippen molar-refractivity contribution < 1.29 is 8.42 Å². The first kappa shape index (κ1) is 12.6. The van der Waals surface area contributed by atoms with Crippen molar-refractivity contribution in [3.05, 3.63) is 28.2 Å². The molecule has 0 saturated carbocycles. The summed E-state index contributed by atoms with van der Waals surface area (Å²) >= 11 is 3.29. The molecule has 0 aliphatic carbocycles. The summed E-state index contributed by atoms with van der Waals surface area (Å²) in [6, 6.07) is 5.06. The average molecular weight is 293 g/mol. The first-order chi connectivity index (χ1) is 6.99. The Bertz CT molecular complexity index is 445. The number of nitrogens with two attached hydrogens (primary N) is 1. The normalized spacial score (nSPS) is 11.7. The molecule has 0 unspecified atom stereocenters. The van der Waals surface area contributed by atoms with Crippen molar-refractivity contribution in [2.24, 2.45) is 5.73 Å². The van der Waals surface area contributed by atoms with Gasteiger partial charge in [-0.2, -0.15) is 0 Å². The minimum Gasteiger partial charge on any atom is -0.329 e. The van der Waals surface area contributed by atoms with Gasteiger partial charge in [-0.1, -0.05) is 22.0 Å². The Balaban J connectivity index is 3.10. The lowest BCUT2D eigenvalue weighted by Gasteiger charge is -2.09. The summed E-state index contributed by atoms with van der Waals surface area (Å²) in [6.07, 6.45) is 0. The van der Waals surface area contributed by atoms with E-state index < -0.39 is 10.0 Å². The summed E-state index contributed by atoms with van der Waals surface area (Å²) in [6.45, 7) is 2.28. The maximum atomic E-state index is 11.8. The Labute approximate surface area is 98.0 Å². The van der Waals surface area contributed by atoms with Crippen LogP contribution in [0.2, 0.25) is 0 Å². The highest BCUT2D eigenvalue weighted by atomic mass is 79.9. The molecule has 1 aromatic carbocycles. The fourth-order valence-electron chi connectivity index (χ4n) is 1.15. The highest BCUT2D eigenvalue weighted by Crippen LogP contribution is 2.22. The molecule has 15 heavy (non-hydrogen) atoms. The predicted octanol–water partition coefficient (Wildman–Crippen LogP) is 0.995. The van der Waals surface area contributed by atoms with Crippen molar-refractivity contribution in [1.29, 1.82) is 0 Å². The van der Waals surface area contributed by atoms with Crippen LogP contribution in [-0.2, 0) is 10.0 Å². The molecule has 0 aliphatic rings. The van der Waals surface area contributed by atoms with Crippen LogP contribution in [0.1, 0.15) is 5.56 Å². The van der Waals surface area contributed by atoms with Crippen molar-refractivity contribution in [1.82, 2.24) is 4.72 Å². The topological polar surface area (TPSA) is 72.2 Å². The number of sulfonamides is 1. The summed E-state index contributed by atoms with van der Waals surface area (Å²) in [5.74, 6) is 0. The van der Waals surface area contributed by atoms with E-state index in [0.717, 1.165) is 4.47 Å². The predicted molar refractivity (Wildman–Crippen MR) is 63.1 cm³/mol. The van der Waals surface area contributed by atoms with Gasteiger partial charge in [-0.15, -0.1) is 0 Å². The molecule has 0 atom stereocenters. The van der Waals surface area contributed by atoms with E-state index in [9.17, 15) is 8.42 Å². The van der Waals surface area contributed by atoms with Gasteiger partial charge in [0.25, 0.3) is 0 Å². The van der Waals surface area contributed by atoms with Crippen LogP contribution in [0.4, 0.5) is 0 Å². The molecule has 84 valence electrons. The molecule has 4 nitrogen and oxygen atoms in total. The van der Waals surface area contributed by atoms with Gasteiger partial charge >= 0.3 is 0 Å². The molecule has 0 bridgehead atoms. The van der Waals surface area contributed by atoms with Gasteiger partial charge < -0.3 is 5.73 Å². The van der Waals surface area contributed by atoms with E-state index >= 15 is 0 Å². The number of nitrogens with one attached hydrogen (secondary N) is 1. The van der Waals surface area contributed by atoms with Crippen molar-refractivity contribution in [3.8, 4) is 0 Å². The fraction of sp³-hybridized carbons (Fsp3) is 0.333. The SMILES string of the molecule is Cc1c(Br)cccc1S(=O)(=O)NCCN. The summed E-state index contributed by atoms with van der Waals surface area (Å²) < 4.78 is 26.7. The average Bonchev–Trinajstić information content (AvgIpc) is 2.19. The van der Waals surface area contributed by atoms with Gasteiger partial charge in [-0.3, -0.25) is 0 Å². The van der Waals surface area contributed by atoms with Gasteiger partial charge in [0, 0.05) is 17.6 Å². The third-order valence-electron chi connectivity index (χ3n) is 1.94. The van der Waals surface area contributed by atoms with E-state index in [1.165, 1.54) is 0 Å². The Hall–Kier alpha value is -0.430. The lowest BCUT2D eigenvalue weighted by atomic mass is 10.2. The highest BCUT2D eigenvalue weighted by molar-refractivity contribution is 9.10. The number of halogens is 1. The van der Waals surface area contributed by atoms with Gasteiger partial charge in [0.2, 0.25) is 10.0 Å². The Morgan fingerprint density at radius 3 is 2.73 bits per heavy atom. The molecular weight excluding hydrogens is 280 g/mol. The lowest BCUT2D eigenvalue weighted by Crippen LogP contribution is -2.29. The number of rotatable bonds is 4. The minimum atomic E-state index is -3.44. The van der Waals surface area contributed by atoms with Crippen LogP contribution in [-0.4, -0.2) is 21.5 Å². The summed E-state index contributed by atoms with van der Waals surface area (Å²) in [4.78, 5) is 0.283. The standard InChI is InChI=1S/C9H13BrN2O2S/c1-7-8(10)3-2-4-9(7)15(13,14)12-6-5-11/h2-4,12H,5-6,11H2,1H3. The molecule has 0 radical (unpaired) electrons. The zero-order chi connectivity index (χ0) is 11.5. The second-order valence-electron chi connectivity index (χ2n) is 3.05. The molecule has 3 N–H and O–H groups in total. The van der Waals surface area contributed by atoms with Crippen LogP contribution >= 0.6 is 15.9 Å². The number of hydrogen-bond donors (Lipinski definition) is 2. The van der Waals surface area contributed by atoms with E-state index in [0.29, 0.717) is 5.56 Å². The van der Waals surface area contributed by atoms with Gasteiger partial charge in [-0.25, -0.2) is 13.1 Å². The van der Waals surface area contributed by atoms with Crippen LogP contribution in [0.5, 0.6) is 0 Å². The van der Waals surface area contributed by atoms with Gasteiger partial charge in [-0.05, 0) is 24.6 Å². The minimum absolute atomic E-state index is 0.244. The number of benzene rings is 1. The summed E-state index contributed by atoms with van der Waals surface area (Å²) in [5, 5.41) is 0. The molecule has 1 rings (SSSR count). The largest absolute Gasteiger partial charge is 0.329 e. The van der Waals surface area contributed by atoms with Crippen LogP contribution in [0.3, 0.4) is 0 Å². The highest BCUT2D eigenvalue weighted by Gasteiger charge is 2.16. The molecule has 0 spiro atoms. The Kier molecular flexibility index (Phi) is 4.27. The van der Waals surface area contributed by atoms with E-state index in [4.69, 9.17) is 5.73 Å². The maximum Gasteiger partial charge on any atom is 0.240 e. The molecule has 6 heteroatoms. The zero-order valence-corrected chi connectivity index (χ0v) is 10.7. The van der Waals surface area contributed by atoms with Gasteiger partial charge in [0.05, 0.1) is 4.90 Å². The second kappa shape index (κ2) is 5.07. The molecule has 0 fully saturated rings. The smallest absolute Gasteiger partial charge is 0.240 e. The lowest BCUT2D eigenvalue weighted by molar-refractivity contribution is 0.581. The van der Waals surface area contributed by atoms with Crippen LogP contribution in [0.15, 0.2) is 27.6 Å². The third-order valence-corrected chi connectivity index (χ3v) is 4.41. The van der Waals surface area contributed by atoms with Crippen molar-refractivity contribution in [2.45, 2.75) is 11.8 Å². The molecule has 0 heterocycles. The molecule has 0 amide bonds. The first-order valence-electron chi connectivity index (χ1n) is 4.44. The summed E-state index contributed by atoms with van der Waals surface area (Å²) in [5.41, 5.74) is 5.94. The monoisotopic (exact) mass is 292 g/mol. The zero-order valence-electron chi connectivity index (χ0n) is 8.33. The third kappa shape index (κ3) is 3.01. The molecular formula is C9H13BrN2O2S. The van der Waals surface area contributed by atoms with E-state index in [1.807, 2.05) is 0 Å².